The van der Waals surface area contributed by atoms with Crippen LogP contribution in [0.15, 0.2) is 24.5 Å². The molecule has 0 aromatic carbocycles. The number of pyridine rings is 1. The first-order chi connectivity index (χ1) is 14.8. The highest BCUT2D eigenvalue weighted by Crippen LogP contribution is 2.28. The number of piperazine rings is 1. The molecule has 10 nitrogen and oxygen atoms in total. The standard InChI is InChI=1S/C20H27N9O/c21-17-2-1-15(13-23-17)18-16-14-24-29(8-7-27-5-3-22-4-6-27)19(16)26-20(25-18)28-9-11-30-12-10-28/h1-2,13-14,22H,3-12H2,(H2,21,23). The number of nitrogen functional groups attached to an aromatic ring is 1. The number of nitrogens with two attached hydrogens (primary N) is 1. The summed E-state index contributed by atoms with van der Waals surface area (Å²) in [6.07, 6.45) is 3.63. The van der Waals surface area contributed by atoms with Gasteiger partial charge in [-0.1, -0.05) is 0 Å². The maximum absolute atomic E-state index is 5.79. The summed E-state index contributed by atoms with van der Waals surface area (Å²) < 4.78 is 7.50. The lowest BCUT2D eigenvalue weighted by Gasteiger charge is -2.27. The molecule has 0 bridgehead atoms. The third-order valence-electron chi connectivity index (χ3n) is 5.68. The van der Waals surface area contributed by atoms with E-state index in [4.69, 9.17) is 20.4 Å². The molecule has 10 heteroatoms. The predicted molar refractivity (Wildman–Crippen MR) is 115 cm³/mol. The molecular formula is C20H27N9O. The summed E-state index contributed by atoms with van der Waals surface area (Å²) in [6, 6.07) is 3.75. The van der Waals surface area contributed by atoms with E-state index in [2.05, 4.69) is 25.2 Å². The van der Waals surface area contributed by atoms with Gasteiger partial charge in [-0.05, 0) is 12.1 Å². The zero-order chi connectivity index (χ0) is 20.3. The van der Waals surface area contributed by atoms with E-state index in [9.17, 15) is 0 Å². The van der Waals surface area contributed by atoms with Gasteiger partial charge >= 0.3 is 0 Å². The van der Waals surface area contributed by atoms with Gasteiger partial charge in [-0.3, -0.25) is 4.90 Å². The van der Waals surface area contributed by atoms with E-state index in [1.54, 1.807) is 12.3 Å². The number of hydrogen-bond acceptors (Lipinski definition) is 9. The van der Waals surface area contributed by atoms with Gasteiger partial charge < -0.3 is 20.7 Å². The molecule has 0 radical (unpaired) electrons. The monoisotopic (exact) mass is 409 g/mol. The van der Waals surface area contributed by atoms with Gasteiger partial charge in [0.2, 0.25) is 5.95 Å². The fraction of sp³-hybridized carbons (Fsp3) is 0.500. The Morgan fingerprint density at radius 1 is 1.00 bits per heavy atom. The molecular weight excluding hydrogens is 382 g/mol. The Labute approximate surface area is 175 Å². The lowest BCUT2D eigenvalue weighted by Crippen LogP contribution is -2.44. The van der Waals surface area contributed by atoms with Crippen LogP contribution in [0.2, 0.25) is 0 Å². The fourth-order valence-corrected chi connectivity index (χ4v) is 3.95. The lowest BCUT2D eigenvalue weighted by atomic mass is 10.1. The molecule has 0 amide bonds. The minimum absolute atomic E-state index is 0.490. The number of nitrogens with zero attached hydrogens (tertiary/aromatic N) is 7. The van der Waals surface area contributed by atoms with Crippen molar-refractivity contribution in [2.75, 3.05) is 69.7 Å². The molecule has 30 heavy (non-hydrogen) atoms. The van der Waals surface area contributed by atoms with Crippen LogP contribution in [0.25, 0.3) is 22.3 Å². The third kappa shape index (κ3) is 3.93. The summed E-state index contributed by atoms with van der Waals surface area (Å²) in [5.41, 5.74) is 8.39. The van der Waals surface area contributed by atoms with E-state index < -0.39 is 0 Å². The van der Waals surface area contributed by atoms with E-state index >= 15 is 0 Å². The van der Waals surface area contributed by atoms with E-state index in [0.29, 0.717) is 25.0 Å². The van der Waals surface area contributed by atoms with E-state index in [-0.39, 0.29) is 0 Å². The third-order valence-corrected chi connectivity index (χ3v) is 5.68. The quantitative estimate of drug-likeness (QED) is 0.611. The summed E-state index contributed by atoms with van der Waals surface area (Å²) in [6.45, 7) is 8.88. The van der Waals surface area contributed by atoms with Crippen molar-refractivity contribution in [3.05, 3.63) is 24.5 Å². The smallest absolute Gasteiger partial charge is 0.228 e. The molecule has 158 valence electrons. The topological polar surface area (TPSA) is 110 Å². The van der Waals surface area contributed by atoms with E-state index in [1.807, 2.05) is 16.9 Å². The maximum atomic E-state index is 5.79. The van der Waals surface area contributed by atoms with Crippen LogP contribution in [0.5, 0.6) is 0 Å². The van der Waals surface area contributed by atoms with Crippen molar-refractivity contribution >= 4 is 22.8 Å². The Kier molecular flexibility index (Phi) is 5.43. The first-order valence-corrected chi connectivity index (χ1v) is 10.5. The molecule has 0 unspecified atom stereocenters. The predicted octanol–water partition coefficient (Wildman–Crippen LogP) is 0.212. The van der Waals surface area contributed by atoms with Crippen LogP contribution >= 0.6 is 0 Å². The minimum atomic E-state index is 0.490. The molecule has 3 aromatic rings. The van der Waals surface area contributed by atoms with Crippen LogP contribution < -0.4 is 16.0 Å². The molecule has 2 saturated heterocycles. The van der Waals surface area contributed by atoms with Crippen molar-refractivity contribution in [3.8, 4) is 11.3 Å². The van der Waals surface area contributed by atoms with Crippen LogP contribution in [0, 0.1) is 0 Å². The minimum Gasteiger partial charge on any atom is -0.384 e. The second-order valence-electron chi connectivity index (χ2n) is 7.64. The number of hydrogen-bond donors (Lipinski definition) is 2. The van der Waals surface area contributed by atoms with Crippen molar-refractivity contribution in [2.24, 2.45) is 0 Å². The molecule has 5 rings (SSSR count). The van der Waals surface area contributed by atoms with Gasteiger partial charge in [0.05, 0.1) is 37.0 Å². The van der Waals surface area contributed by atoms with Crippen LogP contribution in [0.3, 0.4) is 0 Å². The summed E-state index contributed by atoms with van der Waals surface area (Å²) in [5.74, 6) is 1.20. The number of aromatic nitrogens is 5. The summed E-state index contributed by atoms with van der Waals surface area (Å²) >= 11 is 0. The molecule has 3 N–H and O–H groups in total. The van der Waals surface area contributed by atoms with Gasteiger partial charge in [0.25, 0.3) is 0 Å². The summed E-state index contributed by atoms with van der Waals surface area (Å²) in [4.78, 5) is 18.7. The molecule has 0 aliphatic carbocycles. The first kappa shape index (κ1) is 19.2. The highest BCUT2D eigenvalue weighted by molar-refractivity contribution is 5.91. The molecule has 0 saturated carbocycles. The molecule has 0 atom stereocenters. The number of rotatable bonds is 5. The fourth-order valence-electron chi connectivity index (χ4n) is 3.95. The largest absolute Gasteiger partial charge is 0.384 e. The Balaban J connectivity index is 1.52. The number of nitrogens with one attached hydrogen (secondary N) is 1. The molecule has 2 fully saturated rings. The Morgan fingerprint density at radius 3 is 2.60 bits per heavy atom. The van der Waals surface area contributed by atoms with E-state index in [1.165, 1.54) is 0 Å². The van der Waals surface area contributed by atoms with Gasteiger partial charge in [-0.2, -0.15) is 10.1 Å². The normalized spacial score (nSPS) is 18.2. The second-order valence-corrected chi connectivity index (χ2v) is 7.64. The number of anilines is 2. The van der Waals surface area contributed by atoms with Crippen molar-refractivity contribution in [1.29, 1.82) is 0 Å². The highest BCUT2D eigenvalue weighted by atomic mass is 16.5. The van der Waals surface area contributed by atoms with Crippen molar-refractivity contribution in [1.82, 2.24) is 34.9 Å². The average Bonchev–Trinajstić information content (AvgIpc) is 3.22. The van der Waals surface area contributed by atoms with Gasteiger partial charge in [-0.25, -0.2) is 14.6 Å². The molecule has 2 aliphatic rings. The van der Waals surface area contributed by atoms with Crippen LogP contribution in [-0.4, -0.2) is 88.7 Å². The summed E-state index contributed by atoms with van der Waals surface area (Å²) in [7, 11) is 0. The highest BCUT2D eigenvalue weighted by Gasteiger charge is 2.20. The Hall–Kier alpha value is -2.82. The first-order valence-electron chi connectivity index (χ1n) is 10.5. The van der Waals surface area contributed by atoms with Crippen molar-refractivity contribution in [2.45, 2.75) is 6.54 Å². The van der Waals surface area contributed by atoms with E-state index in [0.717, 1.165) is 74.6 Å². The molecule has 3 aromatic heterocycles. The molecule has 0 spiro atoms. The average molecular weight is 409 g/mol. The number of fused-ring (bicyclic) bond motifs is 1. The molecule has 2 aliphatic heterocycles. The number of morpholine rings is 1. The van der Waals surface area contributed by atoms with Crippen LogP contribution in [0.4, 0.5) is 11.8 Å². The Morgan fingerprint density at radius 2 is 1.83 bits per heavy atom. The van der Waals surface area contributed by atoms with Crippen molar-refractivity contribution in [3.63, 3.8) is 0 Å². The summed E-state index contributed by atoms with van der Waals surface area (Å²) in [5, 5.41) is 8.98. The zero-order valence-corrected chi connectivity index (χ0v) is 17.0. The van der Waals surface area contributed by atoms with Gasteiger partial charge in [0, 0.05) is 57.6 Å². The zero-order valence-electron chi connectivity index (χ0n) is 17.0. The van der Waals surface area contributed by atoms with Gasteiger partial charge in [0.15, 0.2) is 5.65 Å². The maximum Gasteiger partial charge on any atom is 0.228 e. The van der Waals surface area contributed by atoms with Crippen molar-refractivity contribution < 1.29 is 4.74 Å². The second kappa shape index (κ2) is 8.50. The Bertz CT molecular complexity index is 991. The van der Waals surface area contributed by atoms with Gasteiger partial charge in [0.1, 0.15) is 5.82 Å². The van der Waals surface area contributed by atoms with Crippen LogP contribution in [-0.2, 0) is 11.3 Å². The SMILES string of the molecule is Nc1ccc(-c2nc(N3CCOCC3)nc3c2cnn3CCN2CCNCC2)cn1. The van der Waals surface area contributed by atoms with Gasteiger partial charge in [-0.15, -0.1) is 0 Å². The lowest BCUT2D eigenvalue weighted by molar-refractivity contribution is 0.122. The molecule has 5 heterocycles. The number of ether oxygens (including phenoxy) is 1. The van der Waals surface area contributed by atoms with Crippen LogP contribution in [0.1, 0.15) is 0 Å².